The Morgan fingerprint density at radius 3 is 1.73 bits per heavy atom. The molecular formula is C24H17OP. The first kappa shape index (κ1) is 15.4. The monoisotopic (exact) mass is 352 g/mol. The zero-order valence-electron chi connectivity index (χ0n) is 14.2. The van der Waals surface area contributed by atoms with Crippen LogP contribution in [-0.4, -0.2) is 0 Å². The smallest absolute Gasteiger partial charge is 0.135 e. The van der Waals surface area contributed by atoms with Crippen molar-refractivity contribution in [2.24, 2.45) is 0 Å². The lowest BCUT2D eigenvalue weighted by molar-refractivity contribution is 0.669. The lowest BCUT2D eigenvalue weighted by Crippen LogP contribution is -2.20. The molecule has 0 amide bonds. The molecule has 0 spiro atoms. The fraction of sp³-hybridized carbons (Fsp3) is 0. The van der Waals surface area contributed by atoms with Crippen LogP contribution in [0, 0.1) is 0 Å². The summed E-state index contributed by atoms with van der Waals surface area (Å²) in [6, 6.07) is 36.5. The molecule has 5 rings (SSSR count). The fourth-order valence-electron chi connectivity index (χ4n) is 3.45. The van der Waals surface area contributed by atoms with Crippen LogP contribution in [0.3, 0.4) is 0 Å². The molecule has 0 N–H and O–H groups in total. The SMILES string of the molecule is c1ccc(P(c2ccccc2)c2ccc3oc4ccccc4c3c2)cc1. The number of hydrogen-bond acceptors (Lipinski definition) is 1. The Balaban J connectivity index is 1.75. The fourth-order valence-corrected chi connectivity index (χ4v) is 5.77. The standard InChI is InChI=1S/C24H17OP/c1-3-9-18(10-4-1)26(19-11-5-2-6-12-19)20-15-16-24-22(17-20)21-13-7-8-14-23(21)25-24/h1-17H. The minimum absolute atomic E-state index is 0.597. The predicted molar refractivity (Wildman–Crippen MR) is 112 cm³/mol. The summed E-state index contributed by atoms with van der Waals surface area (Å²) >= 11 is 0. The third-order valence-electron chi connectivity index (χ3n) is 4.65. The van der Waals surface area contributed by atoms with Crippen molar-refractivity contribution < 1.29 is 4.42 Å². The average Bonchev–Trinajstić information content (AvgIpc) is 3.08. The van der Waals surface area contributed by atoms with Gasteiger partial charge in [-0.2, -0.15) is 0 Å². The van der Waals surface area contributed by atoms with Gasteiger partial charge in [-0.15, -0.1) is 0 Å². The second-order valence-corrected chi connectivity index (χ2v) is 8.51. The molecule has 0 aliphatic carbocycles. The second-order valence-electron chi connectivity index (χ2n) is 6.29. The average molecular weight is 352 g/mol. The van der Waals surface area contributed by atoms with Crippen LogP contribution in [-0.2, 0) is 0 Å². The van der Waals surface area contributed by atoms with Crippen LogP contribution in [0.25, 0.3) is 21.9 Å². The predicted octanol–water partition coefficient (Wildman–Crippen LogP) is 5.34. The number of benzene rings is 4. The first-order valence-electron chi connectivity index (χ1n) is 8.72. The number of para-hydroxylation sites is 1. The molecule has 5 aromatic rings. The summed E-state index contributed by atoms with van der Waals surface area (Å²) in [5.41, 5.74) is 1.90. The van der Waals surface area contributed by atoms with Gasteiger partial charge in [-0.05, 0) is 42.0 Å². The Bertz CT molecular complexity index is 1140. The van der Waals surface area contributed by atoms with E-state index in [1.54, 1.807) is 0 Å². The molecule has 0 saturated carbocycles. The van der Waals surface area contributed by atoms with E-state index in [1.165, 1.54) is 26.7 Å². The summed E-state index contributed by atoms with van der Waals surface area (Å²) < 4.78 is 6.01. The summed E-state index contributed by atoms with van der Waals surface area (Å²) in [4.78, 5) is 0. The molecule has 0 aliphatic heterocycles. The van der Waals surface area contributed by atoms with E-state index in [1.807, 2.05) is 12.1 Å². The summed E-state index contributed by atoms with van der Waals surface area (Å²) in [6.45, 7) is 0. The highest BCUT2D eigenvalue weighted by Crippen LogP contribution is 2.35. The zero-order chi connectivity index (χ0) is 17.3. The van der Waals surface area contributed by atoms with Crippen LogP contribution < -0.4 is 15.9 Å². The first-order chi connectivity index (χ1) is 12.9. The molecule has 1 heterocycles. The van der Waals surface area contributed by atoms with Crippen molar-refractivity contribution in [3.05, 3.63) is 103 Å². The van der Waals surface area contributed by atoms with E-state index in [4.69, 9.17) is 4.42 Å². The molecule has 0 saturated heterocycles. The van der Waals surface area contributed by atoms with E-state index < -0.39 is 7.92 Å². The lowest BCUT2D eigenvalue weighted by atomic mass is 10.1. The van der Waals surface area contributed by atoms with Gasteiger partial charge in [0.25, 0.3) is 0 Å². The topological polar surface area (TPSA) is 13.1 Å². The van der Waals surface area contributed by atoms with Crippen molar-refractivity contribution in [1.82, 2.24) is 0 Å². The molecule has 0 aliphatic rings. The number of rotatable bonds is 3. The highest BCUT2D eigenvalue weighted by Gasteiger charge is 2.17. The third-order valence-corrected chi connectivity index (χ3v) is 7.07. The maximum absolute atomic E-state index is 6.01. The Morgan fingerprint density at radius 1 is 0.462 bits per heavy atom. The minimum Gasteiger partial charge on any atom is -0.456 e. The van der Waals surface area contributed by atoms with E-state index in [9.17, 15) is 0 Å². The molecule has 0 unspecified atom stereocenters. The summed E-state index contributed by atoms with van der Waals surface area (Å²) in [5.74, 6) is 0. The van der Waals surface area contributed by atoms with Crippen LogP contribution in [0.5, 0.6) is 0 Å². The number of fused-ring (bicyclic) bond motifs is 3. The van der Waals surface area contributed by atoms with E-state index >= 15 is 0 Å². The Hall–Kier alpha value is -2.89. The van der Waals surface area contributed by atoms with Gasteiger partial charge in [-0.25, -0.2) is 0 Å². The van der Waals surface area contributed by atoms with Crippen LogP contribution in [0.1, 0.15) is 0 Å². The molecule has 0 atom stereocenters. The van der Waals surface area contributed by atoms with Crippen LogP contribution in [0.2, 0.25) is 0 Å². The Kier molecular flexibility index (Phi) is 3.81. The van der Waals surface area contributed by atoms with Gasteiger partial charge in [0.05, 0.1) is 0 Å². The van der Waals surface area contributed by atoms with Gasteiger partial charge in [-0.3, -0.25) is 0 Å². The van der Waals surface area contributed by atoms with Gasteiger partial charge < -0.3 is 4.42 Å². The highest BCUT2D eigenvalue weighted by atomic mass is 31.1. The summed E-state index contributed by atoms with van der Waals surface area (Å²) in [7, 11) is -0.597. The molecule has 2 heteroatoms. The maximum Gasteiger partial charge on any atom is 0.135 e. The molecule has 0 fully saturated rings. The molecular weight excluding hydrogens is 335 g/mol. The van der Waals surface area contributed by atoms with Gasteiger partial charge in [0, 0.05) is 10.8 Å². The first-order valence-corrected chi connectivity index (χ1v) is 10.1. The maximum atomic E-state index is 6.01. The zero-order valence-corrected chi connectivity index (χ0v) is 15.1. The summed E-state index contributed by atoms with van der Waals surface area (Å²) in [6.07, 6.45) is 0. The number of furan rings is 1. The van der Waals surface area contributed by atoms with Crippen LogP contribution >= 0.6 is 7.92 Å². The quantitative estimate of drug-likeness (QED) is 0.399. The molecule has 4 aromatic carbocycles. The lowest BCUT2D eigenvalue weighted by Gasteiger charge is -2.19. The second kappa shape index (κ2) is 6.44. The van der Waals surface area contributed by atoms with Gasteiger partial charge in [0.1, 0.15) is 11.2 Å². The van der Waals surface area contributed by atoms with Gasteiger partial charge >= 0.3 is 0 Å². The van der Waals surface area contributed by atoms with E-state index in [2.05, 4.69) is 91.0 Å². The summed E-state index contributed by atoms with van der Waals surface area (Å²) in [5, 5.41) is 6.44. The molecule has 0 radical (unpaired) electrons. The molecule has 26 heavy (non-hydrogen) atoms. The van der Waals surface area contributed by atoms with Crippen molar-refractivity contribution in [1.29, 1.82) is 0 Å². The van der Waals surface area contributed by atoms with Crippen LogP contribution in [0.4, 0.5) is 0 Å². The third kappa shape index (κ3) is 2.62. The van der Waals surface area contributed by atoms with Gasteiger partial charge in [-0.1, -0.05) is 84.9 Å². The Morgan fingerprint density at radius 2 is 1.04 bits per heavy atom. The van der Waals surface area contributed by atoms with Crippen molar-refractivity contribution in [2.75, 3.05) is 0 Å². The molecule has 124 valence electrons. The number of hydrogen-bond donors (Lipinski definition) is 0. The van der Waals surface area contributed by atoms with Crippen molar-refractivity contribution in [3.8, 4) is 0 Å². The van der Waals surface area contributed by atoms with E-state index in [0.717, 1.165) is 11.2 Å². The van der Waals surface area contributed by atoms with Crippen LogP contribution in [0.15, 0.2) is 108 Å². The van der Waals surface area contributed by atoms with Crippen molar-refractivity contribution in [3.63, 3.8) is 0 Å². The van der Waals surface area contributed by atoms with E-state index in [-0.39, 0.29) is 0 Å². The van der Waals surface area contributed by atoms with Gasteiger partial charge in [0.15, 0.2) is 0 Å². The molecule has 0 bridgehead atoms. The van der Waals surface area contributed by atoms with Crippen molar-refractivity contribution in [2.45, 2.75) is 0 Å². The highest BCUT2D eigenvalue weighted by molar-refractivity contribution is 7.79. The normalized spacial score (nSPS) is 11.4. The van der Waals surface area contributed by atoms with E-state index in [0.29, 0.717) is 0 Å². The minimum atomic E-state index is -0.597. The molecule has 1 aromatic heterocycles. The Labute approximate surface area is 153 Å². The largest absolute Gasteiger partial charge is 0.456 e. The van der Waals surface area contributed by atoms with Gasteiger partial charge in [0.2, 0.25) is 0 Å². The van der Waals surface area contributed by atoms with Crippen molar-refractivity contribution >= 4 is 45.8 Å². The molecule has 1 nitrogen and oxygen atoms in total.